The molecular weight excluding hydrogens is 298 g/mol. The van der Waals surface area contributed by atoms with Gasteiger partial charge in [-0.25, -0.2) is 4.63 Å². The molecule has 1 N–H and O–H groups in total. The molecule has 23 heavy (non-hydrogen) atoms. The van der Waals surface area contributed by atoms with Crippen LogP contribution in [0.25, 0.3) is 11.0 Å². The van der Waals surface area contributed by atoms with E-state index in [9.17, 15) is 10.1 Å². The Hall–Kier alpha value is -2.22. The maximum atomic E-state index is 11.0. The summed E-state index contributed by atoms with van der Waals surface area (Å²) in [5.74, 6) is 0. The van der Waals surface area contributed by atoms with Crippen LogP contribution < -0.4 is 5.32 Å². The Labute approximate surface area is 134 Å². The number of benzene rings is 1. The quantitative estimate of drug-likeness (QED) is 0.560. The summed E-state index contributed by atoms with van der Waals surface area (Å²) in [6.45, 7) is 9.60. The molecule has 0 aliphatic carbocycles. The minimum absolute atomic E-state index is 0.0963. The van der Waals surface area contributed by atoms with E-state index >= 15 is 0 Å². The van der Waals surface area contributed by atoms with Crippen molar-refractivity contribution in [1.29, 1.82) is 0 Å². The normalized spacial score (nSPS) is 12.7. The minimum atomic E-state index is -0.482. The minimum Gasteiger partial charge on any atom is -0.381 e. The summed E-state index contributed by atoms with van der Waals surface area (Å²) in [6.07, 6.45) is 2.09. The number of hydrogen-bond acceptors (Lipinski definition) is 7. The molecule has 2 rings (SSSR count). The number of nitrogens with one attached hydrogen (secondary N) is 1. The maximum absolute atomic E-state index is 11.0. The van der Waals surface area contributed by atoms with Crippen LogP contribution in [0, 0.1) is 10.1 Å². The second-order valence-corrected chi connectivity index (χ2v) is 5.57. The molecule has 0 aliphatic heterocycles. The Morgan fingerprint density at radius 1 is 1.30 bits per heavy atom. The number of nitro benzene ring substituents is 1. The van der Waals surface area contributed by atoms with Crippen molar-refractivity contribution in [2.75, 3.05) is 25.0 Å². The van der Waals surface area contributed by atoms with Gasteiger partial charge in [-0.05, 0) is 55.8 Å². The zero-order valence-corrected chi connectivity index (χ0v) is 13.8. The molecule has 0 bridgehead atoms. The van der Waals surface area contributed by atoms with Gasteiger partial charge in [0.05, 0.1) is 10.6 Å². The monoisotopic (exact) mass is 321 g/mol. The highest BCUT2D eigenvalue weighted by atomic mass is 16.6. The SMILES string of the molecule is CCN(CC)CCCC(C)Nc1ccc([N+](=O)[O-])c2nonc12. The van der Waals surface area contributed by atoms with E-state index in [4.69, 9.17) is 0 Å². The van der Waals surface area contributed by atoms with Crippen LogP contribution in [0.5, 0.6) is 0 Å². The van der Waals surface area contributed by atoms with Crippen molar-refractivity contribution < 1.29 is 9.55 Å². The molecular formula is C15H23N5O3. The maximum Gasteiger partial charge on any atom is 0.300 e. The number of fused-ring (bicyclic) bond motifs is 1. The first-order valence-electron chi connectivity index (χ1n) is 7.95. The number of nitro groups is 1. The van der Waals surface area contributed by atoms with E-state index in [0.29, 0.717) is 11.2 Å². The lowest BCUT2D eigenvalue weighted by Gasteiger charge is -2.20. The first kappa shape index (κ1) is 17.1. The van der Waals surface area contributed by atoms with Gasteiger partial charge in [0.25, 0.3) is 0 Å². The molecule has 0 saturated heterocycles. The predicted octanol–water partition coefficient (Wildman–Crippen LogP) is 3.05. The van der Waals surface area contributed by atoms with E-state index in [1.165, 1.54) is 6.07 Å². The molecule has 0 radical (unpaired) electrons. The molecule has 1 atom stereocenters. The van der Waals surface area contributed by atoms with Crippen molar-refractivity contribution in [3.05, 3.63) is 22.2 Å². The third kappa shape index (κ3) is 4.16. The zero-order chi connectivity index (χ0) is 16.8. The van der Waals surface area contributed by atoms with Gasteiger partial charge in [-0.2, -0.15) is 0 Å². The van der Waals surface area contributed by atoms with Crippen molar-refractivity contribution in [1.82, 2.24) is 15.2 Å². The van der Waals surface area contributed by atoms with Crippen LogP contribution in [0.3, 0.4) is 0 Å². The van der Waals surface area contributed by atoms with E-state index in [-0.39, 0.29) is 17.2 Å². The fourth-order valence-corrected chi connectivity index (χ4v) is 2.62. The molecule has 0 fully saturated rings. The summed E-state index contributed by atoms with van der Waals surface area (Å²) in [5.41, 5.74) is 1.19. The first-order valence-corrected chi connectivity index (χ1v) is 7.95. The van der Waals surface area contributed by atoms with E-state index < -0.39 is 4.92 Å². The Morgan fingerprint density at radius 3 is 2.65 bits per heavy atom. The van der Waals surface area contributed by atoms with E-state index in [1.54, 1.807) is 6.07 Å². The molecule has 0 spiro atoms. The number of non-ortho nitro benzene ring substituents is 1. The van der Waals surface area contributed by atoms with Crippen LogP contribution in [0.15, 0.2) is 16.8 Å². The lowest BCUT2D eigenvalue weighted by Crippen LogP contribution is -2.25. The lowest BCUT2D eigenvalue weighted by atomic mass is 10.1. The van der Waals surface area contributed by atoms with Crippen LogP contribution in [0.1, 0.15) is 33.6 Å². The van der Waals surface area contributed by atoms with Gasteiger partial charge in [-0.1, -0.05) is 13.8 Å². The molecule has 1 aromatic carbocycles. The summed E-state index contributed by atoms with van der Waals surface area (Å²) in [4.78, 5) is 12.9. The summed E-state index contributed by atoms with van der Waals surface area (Å²) >= 11 is 0. The number of nitrogens with zero attached hydrogens (tertiary/aromatic N) is 4. The Bertz CT molecular complexity index is 654. The molecule has 1 unspecified atom stereocenters. The van der Waals surface area contributed by atoms with Gasteiger partial charge in [-0.15, -0.1) is 0 Å². The van der Waals surface area contributed by atoms with Crippen LogP contribution in [0.2, 0.25) is 0 Å². The second-order valence-electron chi connectivity index (χ2n) is 5.57. The molecule has 126 valence electrons. The van der Waals surface area contributed by atoms with Gasteiger partial charge in [0.2, 0.25) is 5.52 Å². The molecule has 2 aromatic rings. The standard InChI is InChI=1S/C15H23N5O3/c1-4-19(5-2)10-6-7-11(3)16-12-8-9-13(20(21)22)15-14(12)17-23-18-15/h8-9,11,16H,4-7,10H2,1-3H3. The number of hydrogen-bond donors (Lipinski definition) is 1. The highest BCUT2D eigenvalue weighted by Gasteiger charge is 2.20. The van der Waals surface area contributed by atoms with E-state index in [0.717, 1.165) is 32.5 Å². The van der Waals surface area contributed by atoms with Gasteiger partial charge in [0, 0.05) is 12.1 Å². The van der Waals surface area contributed by atoms with Gasteiger partial charge < -0.3 is 10.2 Å². The topological polar surface area (TPSA) is 97.3 Å². The number of rotatable bonds is 9. The fraction of sp³-hybridized carbons (Fsp3) is 0.600. The van der Waals surface area contributed by atoms with Crippen LogP contribution >= 0.6 is 0 Å². The molecule has 1 aromatic heterocycles. The fourth-order valence-electron chi connectivity index (χ4n) is 2.62. The third-order valence-electron chi connectivity index (χ3n) is 4.00. The highest BCUT2D eigenvalue weighted by Crippen LogP contribution is 2.29. The van der Waals surface area contributed by atoms with Gasteiger partial charge in [0.1, 0.15) is 0 Å². The average Bonchev–Trinajstić information content (AvgIpc) is 3.01. The van der Waals surface area contributed by atoms with Crippen LogP contribution in [0.4, 0.5) is 11.4 Å². The van der Waals surface area contributed by atoms with Crippen molar-refractivity contribution in [2.45, 2.75) is 39.7 Å². The van der Waals surface area contributed by atoms with Crippen molar-refractivity contribution in [3.63, 3.8) is 0 Å². The van der Waals surface area contributed by atoms with Crippen LogP contribution in [-0.4, -0.2) is 45.8 Å². The summed E-state index contributed by atoms with van der Waals surface area (Å²) < 4.78 is 4.67. The molecule has 8 nitrogen and oxygen atoms in total. The third-order valence-corrected chi connectivity index (χ3v) is 4.00. The first-order chi connectivity index (χ1) is 11.1. The summed E-state index contributed by atoms with van der Waals surface area (Å²) in [6, 6.07) is 3.31. The summed E-state index contributed by atoms with van der Waals surface area (Å²) in [7, 11) is 0. The van der Waals surface area contributed by atoms with E-state index in [2.05, 4.69) is 45.9 Å². The molecule has 0 aliphatic rings. The van der Waals surface area contributed by atoms with Crippen molar-refractivity contribution in [3.8, 4) is 0 Å². The Kier molecular flexibility index (Phi) is 5.86. The van der Waals surface area contributed by atoms with Gasteiger partial charge in [0.15, 0.2) is 5.52 Å². The predicted molar refractivity (Wildman–Crippen MR) is 88.6 cm³/mol. The second kappa shape index (κ2) is 7.87. The number of anilines is 1. The van der Waals surface area contributed by atoms with Crippen LogP contribution in [-0.2, 0) is 0 Å². The molecule has 0 amide bonds. The van der Waals surface area contributed by atoms with E-state index in [1.807, 2.05) is 0 Å². The van der Waals surface area contributed by atoms with Gasteiger partial charge in [-0.3, -0.25) is 10.1 Å². The average molecular weight is 321 g/mol. The Balaban J connectivity index is 2.00. The zero-order valence-electron chi connectivity index (χ0n) is 13.8. The molecule has 1 heterocycles. The smallest absolute Gasteiger partial charge is 0.300 e. The van der Waals surface area contributed by atoms with Crippen molar-refractivity contribution >= 4 is 22.4 Å². The largest absolute Gasteiger partial charge is 0.381 e. The summed E-state index contributed by atoms with van der Waals surface area (Å²) in [5, 5.41) is 21.8. The highest BCUT2D eigenvalue weighted by molar-refractivity contribution is 5.93. The number of aromatic nitrogens is 2. The van der Waals surface area contributed by atoms with Gasteiger partial charge >= 0.3 is 5.69 Å². The Morgan fingerprint density at radius 2 is 2.00 bits per heavy atom. The lowest BCUT2D eigenvalue weighted by molar-refractivity contribution is -0.383. The molecule has 8 heteroatoms. The molecule has 0 saturated carbocycles. The van der Waals surface area contributed by atoms with Crippen molar-refractivity contribution in [2.24, 2.45) is 0 Å².